The summed E-state index contributed by atoms with van der Waals surface area (Å²) >= 11 is 0. The van der Waals surface area contributed by atoms with Crippen molar-refractivity contribution in [1.82, 2.24) is 5.32 Å². The highest BCUT2D eigenvalue weighted by atomic mass is 16.7. The van der Waals surface area contributed by atoms with E-state index in [9.17, 15) is 50.8 Å². The lowest BCUT2D eigenvalue weighted by molar-refractivity contribution is -0.366. The predicted molar refractivity (Wildman–Crippen MR) is 107 cm³/mol. The molecule has 0 radical (unpaired) electrons. The van der Waals surface area contributed by atoms with Gasteiger partial charge in [0.25, 0.3) is 0 Å². The molecule has 3 rings (SSSR count). The molecular formula is C19H33NO15. The van der Waals surface area contributed by atoms with Crippen molar-refractivity contribution in [3.8, 4) is 0 Å². The molecule has 0 spiro atoms. The van der Waals surface area contributed by atoms with Crippen LogP contribution in [0, 0.1) is 0 Å². The highest BCUT2D eigenvalue weighted by Gasteiger charge is 2.53. The molecule has 3 aliphatic rings. The van der Waals surface area contributed by atoms with Gasteiger partial charge in [-0.1, -0.05) is 0 Å². The molecule has 0 aliphatic carbocycles. The van der Waals surface area contributed by atoms with Crippen molar-refractivity contribution in [3.05, 3.63) is 0 Å². The van der Waals surface area contributed by atoms with E-state index < -0.39 is 112 Å². The summed E-state index contributed by atoms with van der Waals surface area (Å²) in [6, 6.07) is -1.40. The van der Waals surface area contributed by atoms with Gasteiger partial charge in [-0.3, -0.25) is 4.79 Å². The second-order valence-corrected chi connectivity index (χ2v) is 8.62. The number of carbonyl (C=O) groups is 1. The number of aliphatic hydroxyl groups excluding tert-OH is 9. The minimum atomic E-state index is -1.84. The summed E-state index contributed by atoms with van der Waals surface area (Å²) in [6.07, 6.45) is -20.9. The molecule has 204 valence electrons. The lowest BCUT2D eigenvalue weighted by Gasteiger charge is -2.48. The third-order valence-electron chi connectivity index (χ3n) is 6.10. The maximum atomic E-state index is 11.8. The molecule has 0 bridgehead atoms. The molecule has 3 aliphatic heterocycles. The minimum absolute atomic E-state index is 0.429. The van der Waals surface area contributed by atoms with Crippen LogP contribution in [0.1, 0.15) is 6.92 Å². The molecular weight excluding hydrogens is 482 g/mol. The Balaban J connectivity index is 1.90. The molecule has 16 nitrogen and oxygen atoms in total. The van der Waals surface area contributed by atoms with Crippen molar-refractivity contribution in [3.63, 3.8) is 0 Å². The Hall–Kier alpha value is -1.09. The van der Waals surface area contributed by atoms with Crippen molar-refractivity contribution < 1.29 is 74.4 Å². The minimum Gasteiger partial charge on any atom is -0.394 e. The number of hydrogen-bond donors (Lipinski definition) is 10. The average Bonchev–Trinajstić information content (AvgIpc) is 2.82. The predicted octanol–water partition coefficient (Wildman–Crippen LogP) is -6.79. The van der Waals surface area contributed by atoms with E-state index in [4.69, 9.17) is 23.7 Å². The molecule has 0 aromatic rings. The molecule has 14 atom stereocenters. The largest absolute Gasteiger partial charge is 0.394 e. The van der Waals surface area contributed by atoms with Gasteiger partial charge in [0, 0.05) is 6.92 Å². The Morgan fingerprint density at radius 3 is 2.00 bits per heavy atom. The van der Waals surface area contributed by atoms with Crippen LogP contribution in [0.4, 0.5) is 0 Å². The van der Waals surface area contributed by atoms with Crippen molar-refractivity contribution in [2.24, 2.45) is 0 Å². The van der Waals surface area contributed by atoms with Gasteiger partial charge in [0.15, 0.2) is 18.9 Å². The third-order valence-corrected chi connectivity index (χ3v) is 6.10. The zero-order valence-electron chi connectivity index (χ0n) is 18.7. The first-order chi connectivity index (χ1) is 16.5. The summed E-state index contributed by atoms with van der Waals surface area (Å²) in [5, 5.41) is 92.5. The first-order valence-electron chi connectivity index (χ1n) is 11.0. The summed E-state index contributed by atoms with van der Waals surface area (Å²) < 4.78 is 27.3. The summed E-state index contributed by atoms with van der Waals surface area (Å²) in [7, 11) is 0. The highest BCUT2D eigenvalue weighted by Crippen LogP contribution is 2.32. The molecule has 10 N–H and O–H groups in total. The van der Waals surface area contributed by atoms with Gasteiger partial charge in [-0.2, -0.15) is 0 Å². The van der Waals surface area contributed by atoms with Crippen LogP contribution in [-0.4, -0.2) is 158 Å². The Bertz CT molecular complexity index is 699. The van der Waals surface area contributed by atoms with E-state index in [2.05, 4.69) is 5.32 Å². The number of ether oxygens (including phenoxy) is 5. The van der Waals surface area contributed by atoms with Crippen molar-refractivity contribution in [2.45, 2.75) is 92.9 Å². The standard InChI is InChI=1S/C19H33NO15/c1-5(23)20-9-16(35-18-13(28)10(25)6(24)4-31-18)15(8(3-22)32-17(9)30)34-19-14(29)12(27)11(26)7(2-21)33-19/h6-19,21-22,24-30H,2-4H2,1H3,(H,20,23). The monoisotopic (exact) mass is 515 g/mol. The van der Waals surface area contributed by atoms with Gasteiger partial charge in [0.2, 0.25) is 5.91 Å². The fourth-order valence-corrected chi connectivity index (χ4v) is 4.17. The third kappa shape index (κ3) is 6.08. The van der Waals surface area contributed by atoms with Crippen molar-refractivity contribution in [1.29, 1.82) is 0 Å². The van der Waals surface area contributed by atoms with Gasteiger partial charge in [-0.15, -0.1) is 0 Å². The maximum Gasteiger partial charge on any atom is 0.217 e. The lowest BCUT2D eigenvalue weighted by atomic mass is 9.95. The number of hydrogen-bond acceptors (Lipinski definition) is 15. The molecule has 3 heterocycles. The fraction of sp³-hybridized carbons (Fsp3) is 0.947. The van der Waals surface area contributed by atoms with E-state index in [0.717, 1.165) is 6.92 Å². The smallest absolute Gasteiger partial charge is 0.217 e. The van der Waals surface area contributed by atoms with Gasteiger partial charge in [0.1, 0.15) is 67.1 Å². The van der Waals surface area contributed by atoms with Crippen LogP contribution in [-0.2, 0) is 28.5 Å². The van der Waals surface area contributed by atoms with Gasteiger partial charge >= 0.3 is 0 Å². The summed E-state index contributed by atoms with van der Waals surface area (Å²) in [5.41, 5.74) is 0. The van der Waals surface area contributed by atoms with Crippen LogP contribution >= 0.6 is 0 Å². The number of nitrogens with one attached hydrogen (secondary N) is 1. The van der Waals surface area contributed by atoms with Crippen molar-refractivity contribution in [2.75, 3.05) is 19.8 Å². The second kappa shape index (κ2) is 12.0. The number of rotatable bonds is 7. The summed E-state index contributed by atoms with van der Waals surface area (Å²) in [6.45, 7) is -0.825. The van der Waals surface area contributed by atoms with Crippen LogP contribution in [0.2, 0.25) is 0 Å². The van der Waals surface area contributed by atoms with E-state index in [1.165, 1.54) is 0 Å². The topological polar surface area (TPSA) is 257 Å². The molecule has 35 heavy (non-hydrogen) atoms. The molecule has 0 saturated carbocycles. The zero-order chi connectivity index (χ0) is 26.0. The molecule has 0 aromatic heterocycles. The van der Waals surface area contributed by atoms with Gasteiger partial charge in [-0.25, -0.2) is 0 Å². The fourth-order valence-electron chi connectivity index (χ4n) is 4.17. The molecule has 16 heteroatoms. The Kier molecular flexibility index (Phi) is 9.74. The van der Waals surface area contributed by atoms with Crippen LogP contribution in [0.3, 0.4) is 0 Å². The van der Waals surface area contributed by atoms with E-state index >= 15 is 0 Å². The SMILES string of the molecule is CC(=O)NC1C(O)OC(CO)C(OC2OC(CO)C(O)C(O)C2O)C1OC1OCC(O)C(O)C1O. The maximum absolute atomic E-state index is 11.8. The Morgan fingerprint density at radius 2 is 1.40 bits per heavy atom. The second-order valence-electron chi connectivity index (χ2n) is 8.62. The number of carbonyl (C=O) groups excluding carboxylic acids is 1. The summed E-state index contributed by atoms with van der Waals surface area (Å²) in [4.78, 5) is 11.8. The van der Waals surface area contributed by atoms with E-state index in [1.807, 2.05) is 0 Å². The number of aliphatic hydroxyl groups is 9. The molecule has 3 fully saturated rings. The first-order valence-corrected chi connectivity index (χ1v) is 11.0. The van der Waals surface area contributed by atoms with Crippen LogP contribution < -0.4 is 5.32 Å². The van der Waals surface area contributed by atoms with Gasteiger partial charge in [0.05, 0.1) is 19.8 Å². The number of amides is 1. The van der Waals surface area contributed by atoms with Crippen LogP contribution in [0.5, 0.6) is 0 Å². The molecule has 14 unspecified atom stereocenters. The van der Waals surface area contributed by atoms with Gasteiger partial charge < -0.3 is 75.0 Å². The molecule has 3 saturated heterocycles. The van der Waals surface area contributed by atoms with Crippen molar-refractivity contribution >= 4 is 5.91 Å². The Morgan fingerprint density at radius 1 is 0.800 bits per heavy atom. The quantitative estimate of drug-likeness (QED) is 0.151. The van der Waals surface area contributed by atoms with Crippen LogP contribution in [0.15, 0.2) is 0 Å². The average molecular weight is 515 g/mol. The van der Waals surface area contributed by atoms with Crippen LogP contribution in [0.25, 0.3) is 0 Å². The molecule has 1 amide bonds. The first kappa shape index (κ1) is 28.5. The Labute approximate surface area is 199 Å². The highest BCUT2D eigenvalue weighted by molar-refractivity contribution is 5.73. The normalized spacial score (nSPS) is 49.0. The lowest BCUT2D eigenvalue weighted by Crippen LogP contribution is -2.69. The molecule has 0 aromatic carbocycles. The van der Waals surface area contributed by atoms with E-state index in [1.54, 1.807) is 0 Å². The van der Waals surface area contributed by atoms with Gasteiger partial charge in [-0.05, 0) is 0 Å². The zero-order valence-corrected chi connectivity index (χ0v) is 18.7. The summed E-state index contributed by atoms with van der Waals surface area (Å²) in [5.74, 6) is -0.638. The van der Waals surface area contributed by atoms with E-state index in [0.29, 0.717) is 0 Å². The van der Waals surface area contributed by atoms with E-state index in [-0.39, 0.29) is 0 Å².